The first-order valence-electron chi connectivity index (χ1n) is 12.1. The monoisotopic (exact) mass is 422 g/mol. The summed E-state index contributed by atoms with van der Waals surface area (Å²) in [7, 11) is 2.22. The molecule has 0 aromatic carbocycles. The molecule has 166 valence electrons. The van der Waals surface area contributed by atoms with Crippen LogP contribution in [0.25, 0.3) is 0 Å². The van der Waals surface area contributed by atoms with E-state index in [0.717, 1.165) is 43.6 Å². The molecule has 4 heterocycles. The van der Waals surface area contributed by atoms with Crippen molar-refractivity contribution in [3.8, 4) is 0 Å². The SMILES string of the molecule is CN1CCN(CC2CCCN2c2nc3c(c(Nc4ncc(C5CC5)[nH]4)n2)CCC3)CC1. The molecular formula is C23H34N8. The topological polar surface area (TPSA) is 76.2 Å². The molecule has 1 unspecified atom stereocenters. The van der Waals surface area contributed by atoms with Crippen molar-refractivity contribution in [2.45, 2.75) is 56.9 Å². The third-order valence-corrected chi connectivity index (χ3v) is 7.47. The highest BCUT2D eigenvalue weighted by Gasteiger charge is 2.31. The minimum atomic E-state index is 0.515. The van der Waals surface area contributed by atoms with Crippen molar-refractivity contribution in [1.82, 2.24) is 29.7 Å². The maximum absolute atomic E-state index is 5.06. The number of nitrogens with one attached hydrogen (secondary N) is 2. The van der Waals surface area contributed by atoms with Crippen molar-refractivity contribution in [2.75, 3.05) is 56.5 Å². The standard InChI is InChI=1S/C23H34N8/c1-29-10-12-30(13-11-29)15-17-4-3-9-31(17)23-26-19-6-2-5-18(19)21(28-23)27-22-24-14-20(25-22)16-7-8-16/h14,16-17H,2-13,15H2,1H3,(H2,24,25,26,27,28). The van der Waals surface area contributed by atoms with Gasteiger partial charge in [0.2, 0.25) is 11.9 Å². The third kappa shape index (κ3) is 4.03. The Balaban J connectivity index is 1.23. The fourth-order valence-electron chi connectivity index (χ4n) is 5.38. The minimum absolute atomic E-state index is 0.515. The highest BCUT2D eigenvalue weighted by atomic mass is 15.3. The second-order valence-electron chi connectivity index (χ2n) is 9.83. The smallest absolute Gasteiger partial charge is 0.227 e. The number of H-pyrrole nitrogens is 1. The highest BCUT2D eigenvalue weighted by Crippen LogP contribution is 2.39. The van der Waals surface area contributed by atoms with E-state index >= 15 is 0 Å². The number of rotatable bonds is 6. The van der Waals surface area contributed by atoms with Crippen molar-refractivity contribution in [3.05, 3.63) is 23.1 Å². The molecule has 0 amide bonds. The number of aromatic nitrogens is 4. The summed E-state index contributed by atoms with van der Waals surface area (Å²) in [5.74, 6) is 3.36. The van der Waals surface area contributed by atoms with Gasteiger partial charge >= 0.3 is 0 Å². The predicted molar refractivity (Wildman–Crippen MR) is 122 cm³/mol. The van der Waals surface area contributed by atoms with Gasteiger partial charge in [-0.1, -0.05) is 0 Å². The van der Waals surface area contributed by atoms with Gasteiger partial charge in [0.15, 0.2) is 0 Å². The average Bonchev–Trinajstić information content (AvgIpc) is 3.16. The van der Waals surface area contributed by atoms with Crippen LogP contribution >= 0.6 is 0 Å². The first kappa shape index (κ1) is 19.5. The van der Waals surface area contributed by atoms with Crippen LogP contribution in [0.15, 0.2) is 6.20 Å². The van der Waals surface area contributed by atoms with E-state index in [2.05, 4.69) is 37.0 Å². The van der Waals surface area contributed by atoms with E-state index in [-0.39, 0.29) is 0 Å². The molecule has 2 aromatic heterocycles. The first-order valence-corrected chi connectivity index (χ1v) is 12.1. The van der Waals surface area contributed by atoms with Crippen LogP contribution in [0.5, 0.6) is 0 Å². The minimum Gasteiger partial charge on any atom is -0.336 e. The molecule has 2 aliphatic heterocycles. The van der Waals surface area contributed by atoms with E-state index in [0.29, 0.717) is 12.0 Å². The number of aromatic amines is 1. The Morgan fingerprint density at radius 2 is 1.90 bits per heavy atom. The number of aryl methyl sites for hydroxylation is 1. The number of imidazole rings is 1. The lowest BCUT2D eigenvalue weighted by Gasteiger charge is -2.36. The number of fused-ring (bicyclic) bond motifs is 1. The summed E-state index contributed by atoms with van der Waals surface area (Å²) in [6, 6.07) is 0.515. The molecule has 0 radical (unpaired) electrons. The molecule has 1 atom stereocenters. The number of hydrogen-bond acceptors (Lipinski definition) is 7. The average molecular weight is 423 g/mol. The van der Waals surface area contributed by atoms with Gasteiger partial charge in [0, 0.05) is 62.5 Å². The highest BCUT2D eigenvalue weighted by molar-refractivity contribution is 5.59. The molecule has 0 bridgehead atoms. The Hall–Kier alpha value is -2.19. The van der Waals surface area contributed by atoms with Gasteiger partial charge in [-0.05, 0) is 52.0 Å². The Labute approximate surface area is 184 Å². The molecule has 2 saturated heterocycles. The van der Waals surface area contributed by atoms with Crippen molar-refractivity contribution < 1.29 is 0 Å². The summed E-state index contributed by atoms with van der Waals surface area (Å²) < 4.78 is 0. The number of piperazine rings is 1. The van der Waals surface area contributed by atoms with Gasteiger partial charge in [0.1, 0.15) is 5.82 Å². The van der Waals surface area contributed by atoms with Crippen LogP contribution in [0.2, 0.25) is 0 Å². The van der Waals surface area contributed by atoms with Gasteiger partial charge in [-0.25, -0.2) is 9.97 Å². The van der Waals surface area contributed by atoms with Gasteiger partial charge in [0.25, 0.3) is 0 Å². The maximum atomic E-state index is 5.06. The molecule has 2 aromatic rings. The molecule has 2 aliphatic carbocycles. The van der Waals surface area contributed by atoms with Crippen molar-refractivity contribution >= 4 is 17.7 Å². The summed E-state index contributed by atoms with van der Waals surface area (Å²) in [4.78, 5) is 25.7. The molecule has 31 heavy (non-hydrogen) atoms. The summed E-state index contributed by atoms with van der Waals surface area (Å²) in [5, 5.41) is 3.51. The fourth-order valence-corrected chi connectivity index (χ4v) is 5.38. The van der Waals surface area contributed by atoms with Gasteiger partial charge in [-0.15, -0.1) is 0 Å². The Bertz CT molecular complexity index is 928. The summed E-state index contributed by atoms with van der Waals surface area (Å²) >= 11 is 0. The maximum Gasteiger partial charge on any atom is 0.227 e. The van der Waals surface area contributed by atoms with Crippen LogP contribution in [-0.2, 0) is 12.8 Å². The normalized spacial score (nSPS) is 24.7. The fraction of sp³-hybridized carbons (Fsp3) is 0.696. The lowest BCUT2D eigenvalue weighted by atomic mass is 10.2. The molecule has 3 fully saturated rings. The lowest BCUT2D eigenvalue weighted by molar-refractivity contribution is 0.147. The molecule has 1 saturated carbocycles. The molecule has 8 nitrogen and oxygen atoms in total. The van der Waals surface area contributed by atoms with Crippen molar-refractivity contribution in [2.24, 2.45) is 0 Å². The quantitative estimate of drug-likeness (QED) is 0.741. The van der Waals surface area contributed by atoms with Gasteiger partial charge in [-0.2, -0.15) is 4.98 Å². The van der Waals surface area contributed by atoms with Crippen molar-refractivity contribution in [3.63, 3.8) is 0 Å². The third-order valence-electron chi connectivity index (χ3n) is 7.47. The van der Waals surface area contributed by atoms with Gasteiger partial charge < -0.3 is 20.1 Å². The number of likely N-dealkylation sites (N-methyl/N-ethyl adjacent to an activating group) is 1. The van der Waals surface area contributed by atoms with Crippen LogP contribution in [0.3, 0.4) is 0 Å². The van der Waals surface area contributed by atoms with Crippen molar-refractivity contribution in [1.29, 1.82) is 0 Å². The Kier molecular flexibility index (Phi) is 5.07. The number of anilines is 3. The molecule has 0 spiro atoms. The second kappa shape index (κ2) is 8.06. The van der Waals surface area contributed by atoms with E-state index in [1.54, 1.807) is 0 Å². The zero-order valence-electron chi connectivity index (χ0n) is 18.6. The van der Waals surface area contributed by atoms with Crippen LogP contribution in [0.4, 0.5) is 17.7 Å². The Morgan fingerprint density at radius 3 is 2.74 bits per heavy atom. The molecule has 2 N–H and O–H groups in total. The Morgan fingerprint density at radius 1 is 1.03 bits per heavy atom. The molecule has 4 aliphatic rings. The summed E-state index contributed by atoms with van der Waals surface area (Å²) in [6.45, 7) is 6.86. The zero-order chi connectivity index (χ0) is 20.8. The van der Waals surface area contributed by atoms with E-state index in [4.69, 9.17) is 9.97 Å². The molecule has 8 heteroatoms. The van der Waals surface area contributed by atoms with Gasteiger partial charge in [0.05, 0.1) is 11.9 Å². The zero-order valence-corrected chi connectivity index (χ0v) is 18.6. The predicted octanol–water partition coefficient (Wildman–Crippen LogP) is 2.53. The molecule has 6 rings (SSSR count). The second-order valence-corrected chi connectivity index (χ2v) is 9.83. The van der Waals surface area contributed by atoms with Crippen LogP contribution in [0, 0.1) is 0 Å². The van der Waals surface area contributed by atoms with Crippen LogP contribution in [0.1, 0.15) is 55.0 Å². The van der Waals surface area contributed by atoms with E-state index in [1.807, 2.05) is 6.20 Å². The summed E-state index contributed by atoms with van der Waals surface area (Å²) in [5.41, 5.74) is 3.76. The lowest BCUT2D eigenvalue weighted by Crippen LogP contribution is -2.49. The van der Waals surface area contributed by atoms with Crippen LogP contribution < -0.4 is 10.2 Å². The molecular weight excluding hydrogens is 388 g/mol. The number of hydrogen-bond donors (Lipinski definition) is 2. The number of nitrogens with zero attached hydrogens (tertiary/aromatic N) is 6. The van der Waals surface area contributed by atoms with Gasteiger partial charge in [-0.3, -0.25) is 4.90 Å². The summed E-state index contributed by atoms with van der Waals surface area (Å²) in [6.07, 6.45) is 10.3. The van der Waals surface area contributed by atoms with E-state index in [9.17, 15) is 0 Å². The van der Waals surface area contributed by atoms with E-state index in [1.165, 1.54) is 75.2 Å². The van der Waals surface area contributed by atoms with E-state index < -0.39 is 0 Å². The first-order chi connectivity index (χ1) is 15.2. The van der Waals surface area contributed by atoms with Crippen LogP contribution in [-0.4, -0.2) is 82.1 Å². The largest absolute Gasteiger partial charge is 0.336 e.